The van der Waals surface area contributed by atoms with Crippen LogP contribution < -0.4 is 10.5 Å². The van der Waals surface area contributed by atoms with E-state index in [2.05, 4.69) is 10.2 Å². The molecule has 0 saturated heterocycles. The topological polar surface area (TPSA) is 61.0 Å². The fourth-order valence-electron chi connectivity index (χ4n) is 3.11. The number of hydrogen-bond donors (Lipinski definition) is 1. The smallest absolute Gasteiger partial charge is 0.149 e. The second-order valence-corrected chi connectivity index (χ2v) is 5.18. The number of aromatic nitrogens is 2. The molecule has 1 spiro atoms. The van der Waals surface area contributed by atoms with Crippen molar-refractivity contribution in [1.29, 1.82) is 0 Å². The lowest BCUT2D eigenvalue weighted by Crippen LogP contribution is -2.41. The van der Waals surface area contributed by atoms with Gasteiger partial charge in [-0.3, -0.25) is 0 Å². The van der Waals surface area contributed by atoms with E-state index in [4.69, 9.17) is 10.5 Å². The molecule has 1 aromatic heterocycles. The van der Waals surface area contributed by atoms with Crippen molar-refractivity contribution in [3.63, 3.8) is 0 Å². The first-order chi connectivity index (χ1) is 7.72. The number of nitrogen functional groups attached to an aromatic ring is 1. The first-order valence-electron chi connectivity index (χ1n) is 5.89. The van der Waals surface area contributed by atoms with Gasteiger partial charge in [0.05, 0.1) is 7.11 Å². The molecule has 86 valence electrons. The SMILES string of the molecule is COc1cc(N)nnc1C1CC2(CCC2)C1. The second-order valence-electron chi connectivity index (χ2n) is 5.18. The fraction of sp³-hybridized carbons (Fsp3) is 0.667. The second kappa shape index (κ2) is 3.34. The lowest BCUT2D eigenvalue weighted by Gasteiger charge is -2.54. The molecule has 0 amide bonds. The van der Waals surface area contributed by atoms with E-state index in [0.29, 0.717) is 17.2 Å². The minimum absolute atomic E-state index is 0.429. The number of rotatable bonds is 2. The Morgan fingerprint density at radius 1 is 1.38 bits per heavy atom. The quantitative estimate of drug-likeness (QED) is 0.827. The van der Waals surface area contributed by atoms with Crippen LogP contribution in [-0.2, 0) is 0 Å². The van der Waals surface area contributed by atoms with Crippen LogP contribution in [0.4, 0.5) is 5.82 Å². The maximum atomic E-state index is 5.60. The molecule has 2 saturated carbocycles. The fourth-order valence-corrected chi connectivity index (χ4v) is 3.11. The van der Waals surface area contributed by atoms with Crippen LogP contribution in [0.5, 0.6) is 5.75 Å². The number of nitrogens with zero attached hydrogens (tertiary/aromatic N) is 2. The highest BCUT2D eigenvalue weighted by molar-refractivity contribution is 5.40. The molecule has 2 aliphatic rings. The largest absolute Gasteiger partial charge is 0.495 e. The predicted molar refractivity (Wildman–Crippen MR) is 61.3 cm³/mol. The summed E-state index contributed by atoms with van der Waals surface area (Å²) in [5, 5.41) is 8.13. The van der Waals surface area contributed by atoms with Crippen molar-refractivity contribution in [2.24, 2.45) is 5.41 Å². The lowest BCUT2D eigenvalue weighted by atomic mass is 9.51. The molecule has 1 heterocycles. The summed E-state index contributed by atoms with van der Waals surface area (Å²) >= 11 is 0. The van der Waals surface area contributed by atoms with Crippen molar-refractivity contribution in [1.82, 2.24) is 10.2 Å². The first-order valence-corrected chi connectivity index (χ1v) is 5.89. The summed E-state index contributed by atoms with van der Waals surface area (Å²) in [5.41, 5.74) is 7.25. The van der Waals surface area contributed by atoms with Gasteiger partial charge in [0.25, 0.3) is 0 Å². The molecule has 4 nitrogen and oxygen atoms in total. The Morgan fingerprint density at radius 2 is 2.12 bits per heavy atom. The van der Waals surface area contributed by atoms with Crippen LogP contribution in [-0.4, -0.2) is 17.3 Å². The molecule has 2 aliphatic carbocycles. The lowest BCUT2D eigenvalue weighted by molar-refractivity contribution is 0.00656. The average molecular weight is 219 g/mol. The van der Waals surface area contributed by atoms with E-state index in [1.807, 2.05) is 0 Å². The highest BCUT2D eigenvalue weighted by Gasteiger charge is 2.49. The normalized spacial score (nSPS) is 22.6. The maximum absolute atomic E-state index is 5.60. The number of methoxy groups -OCH3 is 1. The molecule has 4 heteroatoms. The van der Waals surface area contributed by atoms with Gasteiger partial charge in [-0.2, -0.15) is 0 Å². The average Bonchev–Trinajstić information content (AvgIpc) is 2.15. The molecule has 2 fully saturated rings. The van der Waals surface area contributed by atoms with Crippen LogP contribution >= 0.6 is 0 Å². The number of anilines is 1. The molecule has 3 rings (SSSR count). The van der Waals surface area contributed by atoms with Gasteiger partial charge in [-0.15, -0.1) is 10.2 Å². The van der Waals surface area contributed by atoms with Crippen molar-refractivity contribution in [2.75, 3.05) is 12.8 Å². The summed E-state index contributed by atoms with van der Waals surface area (Å²) in [7, 11) is 1.66. The van der Waals surface area contributed by atoms with Gasteiger partial charge < -0.3 is 10.5 Å². The Balaban J connectivity index is 1.79. The van der Waals surface area contributed by atoms with Crippen LogP contribution in [0.25, 0.3) is 0 Å². The molecule has 0 radical (unpaired) electrons. The molecule has 1 aromatic rings. The zero-order valence-electron chi connectivity index (χ0n) is 9.57. The van der Waals surface area contributed by atoms with Gasteiger partial charge in [-0.25, -0.2) is 0 Å². The Kier molecular flexibility index (Phi) is 2.06. The predicted octanol–water partition coefficient (Wildman–Crippen LogP) is 2.12. The molecule has 0 aliphatic heterocycles. The van der Waals surface area contributed by atoms with Gasteiger partial charge in [-0.05, 0) is 31.1 Å². The van der Waals surface area contributed by atoms with E-state index in [0.717, 1.165) is 11.4 Å². The summed E-state index contributed by atoms with van der Waals surface area (Å²) < 4.78 is 5.32. The molecule has 0 aromatic carbocycles. The zero-order chi connectivity index (χ0) is 11.2. The van der Waals surface area contributed by atoms with Crippen molar-refractivity contribution in [3.05, 3.63) is 11.8 Å². The van der Waals surface area contributed by atoms with Crippen molar-refractivity contribution in [3.8, 4) is 5.75 Å². The Morgan fingerprint density at radius 3 is 2.69 bits per heavy atom. The summed E-state index contributed by atoms with van der Waals surface area (Å²) in [4.78, 5) is 0. The van der Waals surface area contributed by atoms with E-state index < -0.39 is 0 Å². The molecule has 0 bridgehead atoms. The van der Waals surface area contributed by atoms with E-state index in [9.17, 15) is 0 Å². The van der Waals surface area contributed by atoms with Crippen LogP contribution in [0.15, 0.2) is 6.07 Å². The van der Waals surface area contributed by atoms with Crippen molar-refractivity contribution >= 4 is 5.82 Å². The van der Waals surface area contributed by atoms with E-state index in [-0.39, 0.29) is 0 Å². The third-order valence-corrected chi connectivity index (χ3v) is 4.18. The summed E-state index contributed by atoms with van der Waals surface area (Å²) in [5.74, 6) is 1.76. The molecular formula is C12H17N3O. The molecule has 0 atom stereocenters. The molecule has 2 N–H and O–H groups in total. The van der Waals surface area contributed by atoms with Gasteiger partial charge in [0, 0.05) is 12.0 Å². The zero-order valence-corrected chi connectivity index (χ0v) is 9.57. The Hall–Kier alpha value is -1.32. The van der Waals surface area contributed by atoms with Gasteiger partial charge in [0.1, 0.15) is 17.3 Å². The van der Waals surface area contributed by atoms with Crippen LogP contribution in [0.2, 0.25) is 0 Å². The minimum Gasteiger partial charge on any atom is -0.495 e. The van der Waals surface area contributed by atoms with Gasteiger partial charge in [0.2, 0.25) is 0 Å². The van der Waals surface area contributed by atoms with E-state index in [1.165, 1.54) is 32.1 Å². The summed E-state index contributed by atoms with van der Waals surface area (Å²) in [6.45, 7) is 0. The third-order valence-electron chi connectivity index (χ3n) is 4.18. The highest BCUT2D eigenvalue weighted by Crippen LogP contribution is 2.62. The number of ether oxygens (including phenoxy) is 1. The standard InChI is InChI=1S/C12H17N3O/c1-16-9-5-10(13)14-15-11(9)8-6-12(7-8)3-2-4-12/h5,8H,2-4,6-7H2,1H3,(H2,13,14). The monoisotopic (exact) mass is 219 g/mol. The van der Waals surface area contributed by atoms with E-state index in [1.54, 1.807) is 13.2 Å². The summed E-state index contributed by atoms with van der Waals surface area (Å²) in [6.07, 6.45) is 6.70. The number of nitrogens with two attached hydrogens (primary N) is 1. The Bertz CT molecular complexity index is 407. The summed E-state index contributed by atoms with van der Waals surface area (Å²) in [6, 6.07) is 1.77. The van der Waals surface area contributed by atoms with Crippen LogP contribution in [0.1, 0.15) is 43.7 Å². The maximum Gasteiger partial charge on any atom is 0.149 e. The molecular weight excluding hydrogens is 202 g/mol. The first kappa shape index (κ1) is 9.87. The molecule has 16 heavy (non-hydrogen) atoms. The van der Waals surface area contributed by atoms with Gasteiger partial charge >= 0.3 is 0 Å². The van der Waals surface area contributed by atoms with Gasteiger partial charge in [0.15, 0.2) is 0 Å². The Labute approximate surface area is 95.2 Å². The molecule has 0 unspecified atom stereocenters. The number of hydrogen-bond acceptors (Lipinski definition) is 4. The third kappa shape index (κ3) is 1.36. The van der Waals surface area contributed by atoms with Crippen molar-refractivity contribution < 1.29 is 4.74 Å². The van der Waals surface area contributed by atoms with Crippen LogP contribution in [0, 0.1) is 5.41 Å². The highest BCUT2D eigenvalue weighted by atomic mass is 16.5. The van der Waals surface area contributed by atoms with Crippen molar-refractivity contribution in [2.45, 2.75) is 38.0 Å². The minimum atomic E-state index is 0.429. The van der Waals surface area contributed by atoms with Crippen LogP contribution in [0.3, 0.4) is 0 Å². The van der Waals surface area contributed by atoms with E-state index >= 15 is 0 Å². The van der Waals surface area contributed by atoms with Gasteiger partial charge in [-0.1, -0.05) is 6.42 Å².